The van der Waals surface area contributed by atoms with Crippen molar-refractivity contribution in [2.75, 3.05) is 10.8 Å². The van der Waals surface area contributed by atoms with Crippen molar-refractivity contribution in [3.8, 4) is 5.75 Å². The van der Waals surface area contributed by atoms with Crippen molar-refractivity contribution in [3.05, 3.63) is 54.1 Å². The molecule has 1 aliphatic carbocycles. The van der Waals surface area contributed by atoms with Gasteiger partial charge in [0.2, 0.25) is 0 Å². The third-order valence-electron chi connectivity index (χ3n) is 5.24. The van der Waals surface area contributed by atoms with Crippen LogP contribution in [0.5, 0.6) is 5.75 Å². The summed E-state index contributed by atoms with van der Waals surface area (Å²) < 4.78 is 34.2. The fraction of sp³-hybridized carbons (Fsp3) is 0.409. The summed E-state index contributed by atoms with van der Waals surface area (Å²) >= 11 is 0. The Morgan fingerprint density at radius 3 is 2.41 bits per heavy atom. The van der Waals surface area contributed by atoms with E-state index in [1.54, 1.807) is 36.4 Å². The average molecular weight is 415 g/mol. The van der Waals surface area contributed by atoms with Crippen LogP contribution >= 0.6 is 0 Å². The van der Waals surface area contributed by atoms with Crippen molar-refractivity contribution in [2.45, 2.75) is 56.1 Å². The molecule has 4 rings (SSSR count). The molecule has 7 heteroatoms. The van der Waals surface area contributed by atoms with Crippen LogP contribution in [0.2, 0.25) is 0 Å². The molecule has 0 saturated heterocycles. The largest absolute Gasteiger partial charge is 0.476 e. The fourth-order valence-electron chi connectivity index (χ4n) is 3.32. The average Bonchev–Trinajstić information content (AvgIpc) is 3.50. The van der Waals surface area contributed by atoms with Crippen LogP contribution in [-0.2, 0) is 20.2 Å². The Bertz CT molecular complexity index is 1020. The number of benzene rings is 2. The van der Waals surface area contributed by atoms with Gasteiger partial charge < -0.3 is 10.1 Å². The van der Waals surface area contributed by atoms with Gasteiger partial charge >= 0.3 is 0 Å². The number of amides is 1. The van der Waals surface area contributed by atoms with Gasteiger partial charge in [-0.25, -0.2) is 8.42 Å². The first-order valence-electron chi connectivity index (χ1n) is 9.85. The second-order valence-electron chi connectivity index (χ2n) is 8.67. The summed E-state index contributed by atoms with van der Waals surface area (Å²) in [5.74, 6) is 0.131. The summed E-state index contributed by atoms with van der Waals surface area (Å²) in [6, 6.07) is 14.0. The van der Waals surface area contributed by atoms with Crippen LogP contribution in [0.3, 0.4) is 0 Å². The molecule has 0 spiro atoms. The fourth-order valence-corrected chi connectivity index (χ4v) is 4.81. The van der Waals surface area contributed by atoms with Gasteiger partial charge in [-0.2, -0.15) is 0 Å². The molecule has 0 unspecified atom stereocenters. The molecule has 2 aromatic carbocycles. The quantitative estimate of drug-likeness (QED) is 0.834. The van der Waals surface area contributed by atoms with E-state index in [9.17, 15) is 13.2 Å². The number of nitrogens with zero attached hydrogens (tertiary/aromatic N) is 1. The van der Waals surface area contributed by atoms with Crippen molar-refractivity contribution in [1.29, 1.82) is 0 Å². The van der Waals surface area contributed by atoms with Crippen molar-refractivity contribution in [2.24, 2.45) is 0 Å². The summed E-state index contributed by atoms with van der Waals surface area (Å²) in [5.41, 5.74) is 1.31. The molecule has 2 aromatic rings. The number of fused-ring (bicyclic) bond motifs is 1. The molecule has 1 atom stereocenters. The topological polar surface area (TPSA) is 75.7 Å². The van der Waals surface area contributed by atoms with Gasteiger partial charge in [0.15, 0.2) is 6.10 Å². The monoisotopic (exact) mass is 414 g/mol. The second-order valence-corrected chi connectivity index (χ2v) is 10.5. The Morgan fingerprint density at radius 2 is 1.79 bits per heavy atom. The van der Waals surface area contributed by atoms with Crippen LogP contribution in [0.25, 0.3) is 0 Å². The molecule has 29 heavy (non-hydrogen) atoms. The minimum Gasteiger partial charge on any atom is -0.476 e. The third kappa shape index (κ3) is 3.96. The Kier molecular flexibility index (Phi) is 4.81. The normalized spacial score (nSPS) is 19.3. The van der Waals surface area contributed by atoms with Crippen molar-refractivity contribution >= 4 is 21.6 Å². The van der Waals surface area contributed by atoms with Crippen LogP contribution in [0.4, 0.5) is 5.69 Å². The van der Waals surface area contributed by atoms with E-state index < -0.39 is 16.1 Å². The lowest BCUT2D eigenvalue weighted by atomic mass is 9.86. The first kappa shape index (κ1) is 19.8. The van der Waals surface area contributed by atoms with Crippen molar-refractivity contribution in [1.82, 2.24) is 5.32 Å². The van der Waals surface area contributed by atoms with Crippen LogP contribution in [0.1, 0.15) is 39.2 Å². The Balaban J connectivity index is 1.77. The predicted molar refractivity (Wildman–Crippen MR) is 112 cm³/mol. The summed E-state index contributed by atoms with van der Waals surface area (Å²) in [4.78, 5) is 12.8. The van der Waals surface area contributed by atoms with Gasteiger partial charge in [0, 0.05) is 6.04 Å². The smallest absolute Gasteiger partial charge is 0.264 e. The number of nitrogens with one attached hydrogen (secondary N) is 1. The molecule has 0 aromatic heterocycles. The Labute approximate surface area is 171 Å². The van der Waals surface area contributed by atoms with Crippen molar-refractivity contribution in [3.63, 3.8) is 0 Å². The number of rotatable bonds is 4. The number of hydrogen-bond donors (Lipinski definition) is 1. The lowest BCUT2D eigenvalue weighted by Gasteiger charge is -2.36. The van der Waals surface area contributed by atoms with Gasteiger partial charge in [-0.3, -0.25) is 9.10 Å². The third-order valence-corrected chi connectivity index (χ3v) is 7.04. The zero-order valence-electron chi connectivity index (χ0n) is 16.9. The molecule has 0 bridgehead atoms. The molecule has 2 aliphatic rings. The SMILES string of the molecule is CC(C)(C)c1ccc2c(c1)N(S(=O)(=O)c1ccccc1)C[C@@H](C(=O)NC1CC1)O2. The molecular formula is C22H26N2O4S. The number of carbonyl (C=O) groups is 1. The van der Waals surface area contributed by atoms with E-state index in [1.165, 1.54) is 4.31 Å². The number of carbonyl (C=O) groups excluding carboxylic acids is 1. The van der Waals surface area contributed by atoms with Crippen LogP contribution < -0.4 is 14.4 Å². The van der Waals surface area contributed by atoms with Gasteiger partial charge in [-0.1, -0.05) is 45.0 Å². The number of sulfonamides is 1. The summed E-state index contributed by atoms with van der Waals surface area (Å²) in [6.07, 6.45) is 1.02. The molecule has 6 nitrogen and oxygen atoms in total. The summed E-state index contributed by atoms with van der Waals surface area (Å²) in [7, 11) is -3.84. The molecule has 1 aliphatic heterocycles. The maximum Gasteiger partial charge on any atom is 0.264 e. The highest BCUT2D eigenvalue weighted by atomic mass is 32.2. The van der Waals surface area contributed by atoms with Crippen molar-refractivity contribution < 1.29 is 17.9 Å². The Hall–Kier alpha value is -2.54. The number of hydrogen-bond acceptors (Lipinski definition) is 4. The van der Waals surface area contributed by atoms with Gasteiger partial charge in [-0.15, -0.1) is 0 Å². The molecule has 1 amide bonds. The van der Waals surface area contributed by atoms with Crippen LogP contribution in [-0.4, -0.2) is 33.0 Å². The first-order chi connectivity index (χ1) is 13.7. The number of ether oxygens (including phenoxy) is 1. The van der Waals surface area contributed by atoms with Crippen LogP contribution in [0.15, 0.2) is 53.4 Å². The molecule has 154 valence electrons. The van der Waals surface area contributed by atoms with E-state index >= 15 is 0 Å². The highest BCUT2D eigenvalue weighted by Crippen LogP contribution is 2.40. The minimum atomic E-state index is -3.84. The molecular weight excluding hydrogens is 388 g/mol. The standard InChI is InChI=1S/C22H26N2O4S/c1-22(2,3)15-9-12-19-18(13-15)24(29(26,27)17-7-5-4-6-8-17)14-20(28-19)21(25)23-16-10-11-16/h4-9,12-13,16,20H,10-11,14H2,1-3H3,(H,23,25)/t20-/m0/s1. The van der Waals surface area contributed by atoms with Gasteiger partial charge in [0.1, 0.15) is 5.75 Å². The molecule has 0 radical (unpaired) electrons. The zero-order valence-corrected chi connectivity index (χ0v) is 17.7. The predicted octanol–water partition coefficient (Wildman–Crippen LogP) is 3.22. The maximum atomic E-state index is 13.5. The zero-order chi connectivity index (χ0) is 20.8. The molecule has 1 saturated carbocycles. The molecule has 1 fully saturated rings. The summed E-state index contributed by atoms with van der Waals surface area (Å²) in [6.45, 7) is 6.15. The number of anilines is 1. The minimum absolute atomic E-state index is 0.0591. The van der Waals surface area contributed by atoms with Crippen LogP contribution in [0, 0.1) is 0 Å². The summed E-state index contributed by atoms with van der Waals surface area (Å²) in [5, 5.41) is 2.92. The van der Waals surface area contributed by atoms with E-state index in [1.807, 2.05) is 12.1 Å². The lowest BCUT2D eigenvalue weighted by Crippen LogP contribution is -2.51. The van der Waals surface area contributed by atoms with E-state index in [4.69, 9.17) is 4.74 Å². The molecule has 1 heterocycles. The lowest BCUT2D eigenvalue weighted by molar-refractivity contribution is -0.127. The highest BCUT2D eigenvalue weighted by Gasteiger charge is 2.39. The highest BCUT2D eigenvalue weighted by molar-refractivity contribution is 7.92. The van der Waals surface area contributed by atoms with E-state index in [0.717, 1.165) is 18.4 Å². The molecule has 1 N–H and O–H groups in total. The maximum absolute atomic E-state index is 13.5. The van der Waals surface area contributed by atoms with E-state index in [0.29, 0.717) is 11.4 Å². The Morgan fingerprint density at radius 1 is 1.10 bits per heavy atom. The second kappa shape index (κ2) is 7.06. The van der Waals surface area contributed by atoms with E-state index in [2.05, 4.69) is 26.1 Å². The first-order valence-corrected chi connectivity index (χ1v) is 11.3. The van der Waals surface area contributed by atoms with Gasteiger partial charge in [0.05, 0.1) is 17.1 Å². The van der Waals surface area contributed by atoms with Gasteiger partial charge in [0.25, 0.3) is 15.9 Å². The van der Waals surface area contributed by atoms with E-state index in [-0.39, 0.29) is 28.8 Å². The van der Waals surface area contributed by atoms with Gasteiger partial charge in [-0.05, 0) is 48.1 Å².